The molecule has 2 aromatic carbocycles. The third-order valence-corrected chi connectivity index (χ3v) is 10.5. The molecule has 3 aliphatic rings. The number of methoxy groups -OCH3 is 1. The molecule has 0 aliphatic heterocycles. The molecule has 2 amide bonds. The normalized spacial score (nSPS) is 26.2. The number of rotatable bonds is 9. The topological polar surface area (TPSA) is 148 Å². The van der Waals surface area contributed by atoms with Crippen LogP contribution in [0.25, 0.3) is 0 Å². The standard InChI is InChI=1S/C30H32F4N2O8S/c1-43-23-14-22(31)24(44-19-9-7-15(8-10-19)29(39)40)13-21(23)27(37)36-26-17-6-5-16(11-17)25(26)28(38)35-18-3-2-4-20(12-18)45(41,42)30(32,33)34/h2-4,12-17,19,25-26H,5-11H2,1H3,(H,35,38)(H,36,37)(H,39,40)/t15?,16-,17+,19?,25+,26-/m1/s1. The van der Waals surface area contributed by atoms with Gasteiger partial charge in [0.25, 0.3) is 15.7 Å². The molecule has 2 aromatic rings. The van der Waals surface area contributed by atoms with Crippen LogP contribution < -0.4 is 20.1 Å². The minimum Gasteiger partial charge on any atom is -0.496 e. The molecule has 2 bridgehead atoms. The fraction of sp³-hybridized carbons (Fsp3) is 0.500. The fourth-order valence-corrected chi connectivity index (χ4v) is 7.59. The second-order valence-corrected chi connectivity index (χ2v) is 13.7. The van der Waals surface area contributed by atoms with Crippen molar-refractivity contribution >= 4 is 33.3 Å². The van der Waals surface area contributed by atoms with Gasteiger partial charge < -0.3 is 25.2 Å². The van der Waals surface area contributed by atoms with Gasteiger partial charge in [-0.25, -0.2) is 12.8 Å². The monoisotopic (exact) mass is 656 g/mol. The number of carbonyl (C=O) groups excluding carboxylic acids is 2. The summed E-state index contributed by atoms with van der Waals surface area (Å²) in [4.78, 5) is 37.2. The first-order valence-electron chi connectivity index (χ1n) is 14.5. The van der Waals surface area contributed by atoms with Gasteiger partial charge in [0, 0.05) is 17.8 Å². The van der Waals surface area contributed by atoms with Crippen molar-refractivity contribution in [1.82, 2.24) is 5.32 Å². The first-order chi connectivity index (χ1) is 21.2. The van der Waals surface area contributed by atoms with E-state index in [1.807, 2.05) is 0 Å². The summed E-state index contributed by atoms with van der Waals surface area (Å²) < 4.78 is 88.9. The molecule has 0 saturated heterocycles. The molecular weight excluding hydrogens is 624 g/mol. The van der Waals surface area contributed by atoms with Crippen LogP contribution in [0.1, 0.15) is 55.3 Å². The van der Waals surface area contributed by atoms with Crippen LogP contribution in [-0.2, 0) is 19.4 Å². The Bertz CT molecular complexity index is 1590. The molecule has 3 N–H and O–H groups in total. The van der Waals surface area contributed by atoms with Crippen LogP contribution in [0.2, 0.25) is 0 Å². The largest absolute Gasteiger partial charge is 0.501 e. The van der Waals surface area contributed by atoms with Crippen molar-refractivity contribution < 1.29 is 54.9 Å². The number of nitrogens with one attached hydrogen (secondary N) is 2. The van der Waals surface area contributed by atoms with E-state index in [-0.39, 0.29) is 34.6 Å². The van der Waals surface area contributed by atoms with E-state index in [0.29, 0.717) is 38.5 Å². The molecule has 15 heteroatoms. The molecule has 3 fully saturated rings. The van der Waals surface area contributed by atoms with E-state index < -0.39 is 67.8 Å². The number of carboxylic acids is 1. The molecule has 3 saturated carbocycles. The summed E-state index contributed by atoms with van der Waals surface area (Å²) in [6, 6.07) is 5.44. The first-order valence-corrected chi connectivity index (χ1v) is 16.0. The third-order valence-electron chi connectivity index (χ3n) is 9.05. The van der Waals surface area contributed by atoms with E-state index >= 15 is 0 Å². The van der Waals surface area contributed by atoms with E-state index in [1.54, 1.807) is 0 Å². The minimum absolute atomic E-state index is 0.0416. The van der Waals surface area contributed by atoms with Crippen molar-refractivity contribution in [1.29, 1.82) is 0 Å². The van der Waals surface area contributed by atoms with Gasteiger partial charge in [0.2, 0.25) is 5.91 Å². The van der Waals surface area contributed by atoms with Crippen LogP contribution in [0.15, 0.2) is 41.3 Å². The summed E-state index contributed by atoms with van der Waals surface area (Å²) in [6.07, 6.45) is 3.16. The summed E-state index contributed by atoms with van der Waals surface area (Å²) in [6.45, 7) is 0. The number of benzene rings is 2. The Labute approximate surface area is 256 Å². The molecule has 4 atom stereocenters. The van der Waals surface area contributed by atoms with Crippen LogP contribution in [-0.4, -0.2) is 56.1 Å². The van der Waals surface area contributed by atoms with Gasteiger partial charge in [-0.05, 0) is 81.0 Å². The Morgan fingerprint density at radius 2 is 1.64 bits per heavy atom. The summed E-state index contributed by atoms with van der Waals surface area (Å²) in [5.41, 5.74) is -5.69. The lowest BCUT2D eigenvalue weighted by Gasteiger charge is -2.31. The average Bonchev–Trinajstić information content (AvgIpc) is 3.60. The number of amides is 2. The minimum atomic E-state index is -5.63. The maximum Gasteiger partial charge on any atom is 0.501 e. The summed E-state index contributed by atoms with van der Waals surface area (Å²) in [7, 11) is -4.36. The number of alkyl halides is 3. The van der Waals surface area contributed by atoms with Crippen molar-refractivity contribution in [3.63, 3.8) is 0 Å². The van der Waals surface area contributed by atoms with E-state index in [2.05, 4.69) is 10.6 Å². The number of hydrogen-bond acceptors (Lipinski definition) is 7. The predicted octanol–water partition coefficient (Wildman–Crippen LogP) is 4.93. The highest BCUT2D eigenvalue weighted by Crippen LogP contribution is 2.49. The average molecular weight is 657 g/mol. The number of halogens is 4. The molecule has 0 spiro atoms. The lowest BCUT2D eigenvalue weighted by atomic mass is 9.83. The Morgan fingerprint density at radius 3 is 2.29 bits per heavy atom. The lowest BCUT2D eigenvalue weighted by Crippen LogP contribution is -2.48. The zero-order valence-electron chi connectivity index (χ0n) is 24.1. The Balaban J connectivity index is 1.32. The maximum absolute atomic E-state index is 14.9. The summed E-state index contributed by atoms with van der Waals surface area (Å²) in [5, 5.41) is 14.6. The summed E-state index contributed by atoms with van der Waals surface area (Å²) in [5.74, 6) is -4.61. The fourth-order valence-electron chi connectivity index (χ4n) is 6.78. The SMILES string of the molecule is COc1cc(F)c(OC2CCC(C(=O)O)CC2)cc1C(=O)N[C@@H]1[C@H]2CC[C@H](C2)[C@@H]1C(=O)Nc1cccc(S(=O)(=O)C(F)(F)F)c1. The van der Waals surface area contributed by atoms with Gasteiger partial charge in [0.15, 0.2) is 11.6 Å². The predicted molar refractivity (Wildman–Crippen MR) is 151 cm³/mol. The molecule has 10 nitrogen and oxygen atoms in total. The zero-order valence-corrected chi connectivity index (χ0v) is 24.9. The number of fused-ring (bicyclic) bond motifs is 2. The second-order valence-electron chi connectivity index (χ2n) is 11.7. The van der Waals surface area contributed by atoms with Crippen molar-refractivity contribution in [3.8, 4) is 11.5 Å². The van der Waals surface area contributed by atoms with Crippen LogP contribution in [0, 0.1) is 29.5 Å². The number of carboxylic acid groups (broad SMARTS) is 1. The van der Waals surface area contributed by atoms with Gasteiger partial charge in [-0.1, -0.05) is 6.07 Å². The number of ether oxygens (including phenoxy) is 2. The number of sulfone groups is 1. The van der Waals surface area contributed by atoms with Crippen LogP contribution in [0.3, 0.4) is 0 Å². The van der Waals surface area contributed by atoms with Crippen molar-refractivity contribution in [2.24, 2.45) is 23.7 Å². The third kappa shape index (κ3) is 6.58. The smallest absolute Gasteiger partial charge is 0.496 e. The number of hydrogen-bond donors (Lipinski definition) is 3. The highest BCUT2D eigenvalue weighted by Gasteiger charge is 2.52. The van der Waals surface area contributed by atoms with E-state index in [0.717, 1.165) is 30.7 Å². The lowest BCUT2D eigenvalue weighted by molar-refractivity contribution is -0.143. The van der Waals surface area contributed by atoms with E-state index in [1.165, 1.54) is 19.2 Å². The number of carbonyl (C=O) groups is 3. The molecule has 3 aliphatic carbocycles. The molecule has 0 radical (unpaired) electrons. The highest BCUT2D eigenvalue weighted by atomic mass is 32.2. The van der Waals surface area contributed by atoms with Crippen molar-refractivity contribution in [2.45, 2.75) is 67.5 Å². The van der Waals surface area contributed by atoms with Crippen LogP contribution >= 0.6 is 0 Å². The van der Waals surface area contributed by atoms with Gasteiger partial charge in [0.1, 0.15) is 5.75 Å². The van der Waals surface area contributed by atoms with Crippen molar-refractivity contribution in [3.05, 3.63) is 47.8 Å². The van der Waals surface area contributed by atoms with Gasteiger partial charge in [-0.2, -0.15) is 13.2 Å². The Kier molecular flexibility index (Phi) is 9.02. The van der Waals surface area contributed by atoms with Gasteiger partial charge in [0.05, 0.1) is 35.5 Å². The molecule has 0 aromatic heterocycles. The molecule has 0 heterocycles. The molecule has 0 unspecified atom stereocenters. The van der Waals surface area contributed by atoms with E-state index in [4.69, 9.17) is 9.47 Å². The Morgan fingerprint density at radius 1 is 0.956 bits per heavy atom. The van der Waals surface area contributed by atoms with Gasteiger partial charge in [-0.3, -0.25) is 14.4 Å². The second kappa shape index (κ2) is 12.5. The summed E-state index contributed by atoms with van der Waals surface area (Å²) >= 11 is 0. The van der Waals surface area contributed by atoms with E-state index in [9.17, 15) is 45.5 Å². The molecule has 5 rings (SSSR count). The maximum atomic E-state index is 14.9. The quantitative estimate of drug-likeness (QED) is 0.322. The first kappa shape index (κ1) is 32.5. The van der Waals surface area contributed by atoms with Crippen LogP contribution in [0.4, 0.5) is 23.2 Å². The van der Waals surface area contributed by atoms with Gasteiger partial charge in [-0.15, -0.1) is 0 Å². The number of aliphatic carboxylic acids is 1. The molecular formula is C30H32F4N2O8S. The van der Waals surface area contributed by atoms with Gasteiger partial charge >= 0.3 is 11.5 Å². The highest BCUT2D eigenvalue weighted by molar-refractivity contribution is 7.92. The number of anilines is 1. The Hall–Kier alpha value is -3.88. The molecule has 45 heavy (non-hydrogen) atoms. The van der Waals surface area contributed by atoms with Crippen molar-refractivity contribution in [2.75, 3.05) is 12.4 Å². The zero-order chi connectivity index (χ0) is 32.7. The molecule has 244 valence electrons. The van der Waals surface area contributed by atoms with Crippen LogP contribution in [0.5, 0.6) is 11.5 Å².